The van der Waals surface area contributed by atoms with Crippen LogP contribution in [0.25, 0.3) is 6.08 Å². The number of nitrogens with zero attached hydrogens (tertiary/aromatic N) is 2. The van der Waals surface area contributed by atoms with Gasteiger partial charge in [0.2, 0.25) is 0 Å². The van der Waals surface area contributed by atoms with E-state index >= 15 is 0 Å². The summed E-state index contributed by atoms with van der Waals surface area (Å²) in [6.07, 6.45) is 2.80. The lowest BCUT2D eigenvalue weighted by atomic mass is 10.1. The van der Waals surface area contributed by atoms with Gasteiger partial charge in [-0.15, -0.1) is 0 Å². The Labute approximate surface area is 224 Å². The molecule has 0 atom stereocenters. The number of non-ortho nitro benzene ring substituents is 1. The van der Waals surface area contributed by atoms with E-state index in [1.165, 1.54) is 24.5 Å². The van der Waals surface area contributed by atoms with Crippen LogP contribution in [0.4, 0.5) is 10.5 Å². The molecule has 2 heterocycles. The summed E-state index contributed by atoms with van der Waals surface area (Å²) in [5, 5.41) is 13.0. The molecule has 0 aliphatic carbocycles. The molecule has 1 aliphatic rings. The lowest BCUT2D eigenvalue weighted by Crippen LogP contribution is -2.53. The number of furan rings is 1. The monoisotopic (exact) mass is 617 g/mol. The van der Waals surface area contributed by atoms with Crippen molar-refractivity contribution >= 4 is 52.2 Å². The number of halogens is 1. The minimum absolute atomic E-state index is 0.0172. The first kappa shape index (κ1) is 25.9. The van der Waals surface area contributed by atoms with Crippen LogP contribution in [-0.2, 0) is 22.7 Å². The number of hydrogen-bond acceptors (Lipinski definition) is 8. The van der Waals surface area contributed by atoms with Crippen molar-refractivity contribution < 1.29 is 33.2 Å². The topological polar surface area (TPSA) is 141 Å². The van der Waals surface area contributed by atoms with Crippen molar-refractivity contribution in [2.75, 3.05) is 6.61 Å². The van der Waals surface area contributed by atoms with Crippen molar-refractivity contribution in [3.63, 3.8) is 0 Å². The zero-order valence-corrected chi connectivity index (χ0v) is 21.6. The van der Waals surface area contributed by atoms with E-state index in [9.17, 15) is 24.5 Å². The predicted octanol–water partition coefficient (Wildman–Crippen LogP) is 4.43. The Morgan fingerprint density at radius 1 is 1.14 bits per heavy atom. The third kappa shape index (κ3) is 5.97. The Kier molecular flexibility index (Phi) is 7.86. The Balaban J connectivity index is 1.59. The van der Waals surface area contributed by atoms with Crippen LogP contribution < -0.4 is 14.8 Å². The number of carbonyl (C=O) groups is 3. The quantitative estimate of drug-likeness (QED) is 0.122. The van der Waals surface area contributed by atoms with Gasteiger partial charge in [-0.3, -0.25) is 29.9 Å². The number of barbiturate groups is 1. The molecule has 12 heteroatoms. The maximum Gasteiger partial charge on any atom is 0.331 e. The third-order valence-corrected chi connectivity index (χ3v) is 6.05. The first-order chi connectivity index (χ1) is 17.8. The molecule has 3 aromatic rings. The number of nitro groups is 1. The normalized spacial score (nSPS) is 14.6. The Morgan fingerprint density at radius 2 is 1.89 bits per heavy atom. The zero-order valence-electron chi connectivity index (χ0n) is 19.4. The fraction of sp³-hybridized carbons (Fsp3) is 0.160. The molecule has 1 aromatic heterocycles. The summed E-state index contributed by atoms with van der Waals surface area (Å²) in [6.45, 7) is 2.14. The lowest BCUT2D eigenvalue weighted by molar-refractivity contribution is -0.384. The molecule has 4 amide bonds. The van der Waals surface area contributed by atoms with E-state index in [0.717, 1.165) is 10.5 Å². The minimum Gasteiger partial charge on any atom is -0.490 e. The van der Waals surface area contributed by atoms with Gasteiger partial charge in [0.1, 0.15) is 17.9 Å². The van der Waals surface area contributed by atoms with Crippen LogP contribution in [0.2, 0.25) is 0 Å². The Hall–Kier alpha value is -4.20. The molecule has 1 N–H and O–H groups in total. The second-order valence-corrected chi connectivity index (χ2v) is 8.93. The smallest absolute Gasteiger partial charge is 0.331 e. The SMILES string of the molecule is CCOc1cc(/C=C2\C(=O)NC(=O)N(Cc3ccco3)C2=O)cc(I)c1OCc1ccc([N+](=O)[O-])cc1. The van der Waals surface area contributed by atoms with Gasteiger partial charge >= 0.3 is 6.03 Å². The summed E-state index contributed by atoms with van der Waals surface area (Å²) in [6, 6.07) is 11.7. The molecular formula is C25H20IN3O8. The molecule has 1 aliphatic heterocycles. The van der Waals surface area contributed by atoms with Crippen molar-refractivity contribution in [3.8, 4) is 11.5 Å². The minimum atomic E-state index is -0.830. The highest BCUT2D eigenvalue weighted by atomic mass is 127. The maximum atomic E-state index is 13.0. The fourth-order valence-corrected chi connectivity index (χ4v) is 4.29. The van der Waals surface area contributed by atoms with Crippen molar-refractivity contribution in [2.45, 2.75) is 20.1 Å². The second kappa shape index (κ2) is 11.2. The van der Waals surface area contributed by atoms with E-state index in [1.54, 1.807) is 43.3 Å². The van der Waals surface area contributed by atoms with Crippen molar-refractivity contribution in [1.82, 2.24) is 10.2 Å². The van der Waals surface area contributed by atoms with E-state index in [-0.39, 0.29) is 24.4 Å². The van der Waals surface area contributed by atoms with Crippen molar-refractivity contribution in [3.05, 3.63) is 90.9 Å². The fourth-order valence-electron chi connectivity index (χ4n) is 3.51. The van der Waals surface area contributed by atoms with Gasteiger partial charge in [0.05, 0.1) is 27.9 Å². The Bertz CT molecular complexity index is 1380. The molecule has 11 nitrogen and oxygen atoms in total. The molecule has 0 saturated carbocycles. The summed E-state index contributed by atoms with van der Waals surface area (Å²) in [5.74, 6) is -0.346. The summed E-state index contributed by atoms with van der Waals surface area (Å²) >= 11 is 2.05. The molecule has 4 rings (SSSR count). The van der Waals surface area contributed by atoms with Gasteiger partial charge in [0, 0.05) is 12.1 Å². The van der Waals surface area contributed by atoms with Gasteiger partial charge in [-0.1, -0.05) is 0 Å². The molecule has 2 aromatic carbocycles. The molecule has 0 bridgehead atoms. The zero-order chi connectivity index (χ0) is 26.5. The highest BCUT2D eigenvalue weighted by Gasteiger charge is 2.36. The van der Waals surface area contributed by atoms with Gasteiger partial charge in [-0.05, 0) is 83.1 Å². The summed E-state index contributed by atoms with van der Waals surface area (Å²) in [4.78, 5) is 49.0. The van der Waals surface area contributed by atoms with Gasteiger partial charge < -0.3 is 13.9 Å². The molecule has 1 saturated heterocycles. The number of ether oxygens (including phenoxy) is 2. The molecule has 1 fully saturated rings. The first-order valence-electron chi connectivity index (χ1n) is 11.0. The van der Waals surface area contributed by atoms with Crippen LogP contribution in [0, 0.1) is 13.7 Å². The van der Waals surface area contributed by atoms with E-state index in [2.05, 4.69) is 5.32 Å². The van der Waals surface area contributed by atoms with Crippen LogP contribution in [0.1, 0.15) is 23.8 Å². The summed E-state index contributed by atoms with van der Waals surface area (Å²) in [7, 11) is 0. The van der Waals surface area contributed by atoms with Crippen LogP contribution >= 0.6 is 22.6 Å². The van der Waals surface area contributed by atoms with Crippen LogP contribution in [0.15, 0.2) is 64.8 Å². The number of hydrogen-bond donors (Lipinski definition) is 1. The average molecular weight is 617 g/mol. The summed E-state index contributed by atoms with van der Waals surface area (Å²) < 4.78 is 17.5. The molecule has 0 radical (unpaired) electrons. The summed E-state index contributed by atoms with van der Waals surface area (Å²) in [5.41, 5.74) is 0.975. The molecule has 37 heavy (non-hydrogen) atoms. The number of urea groups is 1. The molecule has 0 spiro atoms. The largest absolute Gasteiger partial charge is 0.490 e. The van der Waals surface area contributed by atoms with E-state index in [4.69, 9.17) is 13.9 Å². The standard InChI is InChI=1S/C25H20IN3O8/c1-2-35-21-12-16(11-20(26)22(21)37-14-15-5-7-17(8-6-15)29(33)34)10-19-23(30)27-25(32)28(24(19)31)13-18-4-3-9-36-18/h3-12H,2,13-14H2,1H3,(H,27,30,32)/b19-10+. The predicted molar refractivity (Wildman–Crippen MR) is 139 cm³/mol. The van der Waals surface area contributed by atoms with Gasteiger partial charge in [-0.25, -0.2) is 4.79 Å². The highest BCUT2D eigenvalue weighted by molar-refractivity contribution is 14.1. The number of imide groups is 2. The van der Waals surface area contributed by atoms with Gasteiger partial charge in [0.25, 0.3) is 17.5 Å². The number of benzene rings is 2. The van der Waals surface area contributed by atoms with E-state index in [1.807, 2.05) is 22.6 Å². The molecule has 190 valence electrons. The lowest BCUT2D eigenvalue weighted by Gasteiger charge is -2.25. The van der Waals surface area contributed by atoms with Gasteiger partial charge in [-0.2, -0.15) is 0 Å². The maximum absolute atomic E-state index is 13.0. The van der Waals surface area contributed by atoms with Crippen LogP contribution in [-0.4, -0.2) is 34.3 Å². The number of nitrogens with one attached hydrogen (secondary N) is 1. The third-order valence-electron chi connectivity index (χ3n) is 5.25. The first-order valence-corrected chi connectivity index (χ1v) is 12.1. The van der Waals surface area contributed by atoms with E-state index < -0.39 is 22.8 Å². The van der Waals surface area contributed by atoms with Crippen LogP contribution in [0.5, 0.6) is 11.5 Å². The molecular weight excluding hydrogens is 597 g/mol. The van der Waals surface area contributed by atoms with E-state index in [0.29, 0.717) is 33.0 Å². The number of amides is 4. The van der Waals surface area contributed by atoms with Gasteiger partial charge in [0.15, 0.2) is 11.5 Å². The van der Waals surface area contributed by atoms with Crippen LogP contribution in [0.3, 0.4) is 0 Å². The average Bonchev–Trinajstić information content (AvgIpc) is 3.38. The number of carbonyl (C=O) groups excluding carboxylic acids is 3. The number of rotatable bonds is 9. The highest BCUT2D eigenvalue weighted by Crippen LogP contribution is 2.36. The van der Waals surface area contributed by atoms with Crippen molar-refractivity contribution in [1.29, 1.82) is 0 Å². The Morgan fingerprint density at radius 3 is 2.54 bits per heavy atom. The molecule has 0 unspecified atom stereocenters. The van der Waals surface area contributed by atoms with Crippen molar-refractivity contribution in [2.24, 2.45) is 0 Å². The number of nitro benzene ring substituents is 1. The second-order valence-electron chi connectivity index (χ2n) is 7.76.